The third-order valence-electron chi connectivity index (χ3n) is 2.78. The van der Waals surface area contributed by atoms with E-state index in [4.69, 9.17) is 5.73 Å². The Bertz CT molecular complexity index is 755. The Morgan fingerprint density at radius 1 is 1.26 bits per heavy atom. The van der Waals surface area contributed by atoms with Gasteiger partial charge in [-0.15, -0.1) is 0 Å². The van der Waals surface area contributed by atoms with Gasteiger partial charge < -0.3 is 10.3 Å². The van der Waals surface area contributed by atoms with Crippen molar-refractivity contribution >= 4 is 32.9 Å². The van der Waals surface area contributed by atoms with Crippen LogP contribution in [0.3, 0.4) is 0 Å². The maximum atomic E-state index is 13.7. The van der Waals surface area contributed by atoms with Crippen LogP contribution in [0.5, 0.6) is 0 Å². The summed E-state index contributed by atoms with van der Waals surface area (Å²) in [7, 11) is 0. The maximum Gasteiger partial charge on any atom is 0.165 e. The average Bonchev–Trinajstić information content (AvgIpc) is 2.79. The van der Waals surface area contributed by atoms with Gasteiger partial charge in [-0.05, 0) is 18.2 Å². The smallest absolute Gasteiger partial charge is 0.165 e. The fourth-order valence-corrected chi connectivity index (χ4v) is 2.27. The highest BCUT2D eigenvalue weighted by molar-refractivity contribution is 9.10. The molecular formula is C12H9BrFN5. The molecule has 96 valence electrons. The number of benzene rings is 1. The number of fused-ring (bicyclic) bond motifs is 1. The first kappa shape index (κ1) is 12.0. The van der Waals surface area contributed by atoms with E-state index in [1.54, 1.807) is 23.0 Å². The second kappa shape index (κ2) is 4.58. The highest BCUT2D eigenvalue weighted by Crippen LogP contribution is 2.19. The summed E-state index contributed by atoms with van der Waals surface area (Å²) in [6, 6.07) is 4.80. The molecule has 7 heteroatoms. The van der Waals surface area contributed by atoms with Gasteiger partial charge in [-0.3, -0.25) is 0 Å². The van der Waals surface area contributed by atoms with Crippen LogP contribution in [-0.2, 0) is 6.54 Å². The van der Waals surface area contributed by atoms with Gasteiger partial charge in [-0.2, -0.15) is 0 Å². The molecule has 0 atom stereocenters. The molecule has 0 radical (unpaired) electrons. The topological polar surface area (TPSA) is 69.6 Å². The van der Waals surface area contributed by atoms with Gasteiger partial charge in [-0.25, -0.2) is 19.3 Å². The van der Waals surface area contributed by atoms with Gasteiger partial charge in [0.15, 0.2) is 11.5 Å². The number of rotatable bonds is 2. The number of hydrogen-bond donors (Lipinski definition) is 1. The number of imidazole rings is 1. The van der Waals surface area contributed by atoms with Crippen LogP contribution in [0.2, 0.25) is 0 Å². The van der Waals surface area contributed by atoms with Crippen LogP contribution in [0.25, 0.3) is 11.2 Å². The normalized spacial score (nSPS) is 11.1. The predicted octanol–water partition coefficient (Wildman–Crippen LogP) is 2.36. The zero-order valence-electron chi connectivity index (χ0n) is 9.72. The Labute approximate surface area is 116 Å². The summed E-state index contributed by atoms with van der Waals surface area (Å²) >= 11 is 3.32. The summed E-state index contributed by atoms with van der Waals surface area (Å²) in [5.74, 6) is 0.0468. The molecule has 0 saturated carbocycles. The van der Waals surface area contributed by atoms with Crippen LogP contribution in [-0.4, -0.2) is 19.5 Å². The lowest BCUT2D eigenvalue weighted by molar-refractivity contribution is 0.600. The number of halogens is 2. The van der Waals surface area contributed by atoms with Crippen molar-refractivity contribution in [1.82, 2.24) is 19.5 Å². The molecule has 3 rings (SSSR count). The molecule has 0 saturated heterocycles. The van der Waals surface area contributed by atoms with E-state index in [0.717, 1.165) is 4.47 Å². The minimum atomic E-state index is -0.271. The Morgan fingerprint density at radius 2 is 2.11 bits per heavy atom. The quantitative estimate of drug-likeness (QED) is 0.786. The standard InChI is InChI=1S/C12H9BrFN5/c13-8-1-2-9(14)7(3-8)4-19-6-18-10-11(15)16-5-17-12(10)19/h1-3,5-6H,4H2,(H2,15,16,17). The first-order valence-corrected chi connectivity index (χ1v) is 6.29. The Balaban J connectivity index is 2.06. The van der Waals surface area contributed by atoms with Crippen LogP contribution >= 0.6 is 15.9 Å². The molecule has 0 aliphatic carbocycles. The van der Waals surface area contributed by atoms with Crippen molar-refractivity contribution in [2.24, 2.45) is 0 Å². The van der Waals surface area contributed by atoms with E-state index in [2.05, 4.69) is 30.9 Å². The van der Waals surface area contributed by atoms with E-state index in [1.807, 2.05) is 0 Å². The predicted molar refractivity (Wildman–Crippen MR) is 72.9 cm³/mol. The van der Waals surface area contributed by atoms with Crippen LogP contribution in [0.4, 0.5) is 10.2 Å². The lowest BCUT2D eigenvalue weighted by atomic mass is 10.2. The van der Waals surface area contributed by atoms with Gasteiger partial charge in [0, 0.05) is 10.0 Å². The van der Waals surface area contributed by atoms with E-state index in [-0.39, 0.29) is 5.82 Å². The fourth-order valence-electron chi connectivity index (χ4n) is 1.86. The highest BCUT2D eigenvalue weighted by atomic mass is 79.9. The van der Waals surface area contributed by atoms with E-state index < -0.39 is 0 Å². The largest absolute Gasteiger partial charge is 0.382 e. The lowest BCUT2D eigenvalue weighted by Gasteiger charge is -2.06. The Kier molecular flexibility index (Phi) is 2.90. The van der Waals surface area contributed by atoms with Gasteiger partial charge in [0.05, 0.1) is 12.9 Å². The number of anilines is 1. The molecule has 2 N–H and O–H groups in total. The summed E-state index contributed by atoms with van der Waals surface area (Å²) in [5, 5.41) is 0. The zero-order valence-corrected chi connectivity index (χ0v) is 11.3. The molecule has 5 nitrogen and oxygen atoms in total. The molecule has 0 fully saturated rings. The molecule has 3 aromatic rings. The second-order valence-electron chi connectivity index (χ2n) is 4.04. The minimum absolute atomic E-state index is 0.271. The third kappa shape index (κ3) is 2.17. The highest BCUT2D eigenvalue weighted by Gasteiger charge is 2.10. The van der Waals surface area contributed by atoms with Crippen LogP contribution < -0.4 is 5.73 Å². The van der Waals surface area contributed by atoms with Crippen molar-refractivity contribution in [2.45, 2.75) is 6.54 Å². The van der Waals surface area contributed by atoms with Crippen molar-refractivity contribution in [3.05, 3.63) is 46.7 Å². The van der Waals surface area contributed by atoms with Crippen molar-refractivity contribution in [3.8, 4) is 0 Å². The van der Waals surface area contributed by atoms with E-state index in [9.17, 15) is 4.39 Å². The van der Waals surface area contributed by atoms with Gasteiger partial charge in [0.1, 0.15) is 17.7 Å². The van der Waals surface area contributed by atoms with Gasteiger partial charge >= 0.3 is 0 Å². The van der Waals surface area contributed by atoms with Crippen LogP contribution in [0.15, 0.2) is 35.3 Å². The van der Waals surface area contributed by atoms with Crippen LogP contribution in [0, 0.1) is 5.82 Å². The van der Waals surface area contributed by atoms with Crippen molar-refractivity contribution in [1.29, 1.82) is 0 Å². The molecule has 2 heterocycles. The summed E-state index contributed by atoms with van der Waals surface area (Å²) in [6.45, 7) is 0.332. The molecule has 2 aromatic heterocycles. The molecule has 19 heavy (non-hydrogen) atoms. The maximum absolute atomic E-state index is 13.7. The summed E-state index contributed by atoms with van der Waals surface area (Å²) in [4.78, 5) is 12.1. The number of nitrogens with zero attached hydrogens (tertiary/aromatic N) is 4. The number of aromatic nitrogens is 4. The van der Waals surface area contributed by atoms with Crippen molar-refractivity contribution in [3.63, 3.8) is 0 Å². The molecular weight excluding hydrogens is 313 g/mol. The molecule has 1 aromatic carbocycles. The van der Waals surface area contributed by atoms with Gasteiger partial charge in [-0.1, -0.05) is 15.9 Å². The Morgan fingerprint density at radius 3 is 2.95 bits per heavy atom. The summed E-state index contributed by atoms with van der Waals surface area (Å²) < 4.78 is 16.3. The fraction of sp³-hybridized carbons (Fsp3) is 0.0833. The number of nitrogens with two attached hydrogens (primary N) is 1. The van der Waals surface area contributed by atoms with E-state index in [0.29, 0.717) is 29.1 Å². The number of hydrogen-bond acceptors (Lipinski definition) is 4. The molecule has 0 bridgehead atoms. The SMILES string of the molecule is Nc1ncnc2c1ncn2Cc1cc(Br)ccc1F. The van der Waals surface area contributed by atoms with E-state index >= 15 is 0 Å². The molecule has 0 aliphatic rings. The van der Waals surface area contributed by atoms with Crippen LogP contribution in [0.1, 0.15) is 5.56 Å². The second-order valence-corrected chi connectivity index (χ2v) is 4.96. The summed E-state index contributed by atoms with van der Waals surface area (Å²) in [5.41, 5.74) is 7.37. The third-order valence-corrected chi connectivity index (χ3v) is 3.27. The average molecular weight is 322 g/mol. The minimum Gasteiger partial charge on any atom is -0.382 e. The molecule has 0 spiro atoms. The monoisotopic (exact) mass is 321 g/mol. The zero-order chi connectivity index (χ0) is 13.4. The Hall–Kier alpha value is -2.02. The van der Waals surface area contributed by atoms with Crippen molar-refractivity contribution < 1.29 is 4.39 Å². The number of nitrogen functional groups attached to an aromatic ring is 1. The molecule has 0 unspecified atom stereocenters. The molecule has 0 amide bonds. The lowest BCUT2D eigenvalue weighted by Crippen LogP contribution is -2.02. The van der Waals surface area contributed by atoms with Crippen molar-refractivity contribution in [2.75, 3.05) is 5.73 Å². The van der Waals surface area contributed by atoms with E-state index in [1.165, 1.54) is 12.4 Å². The first-order chi connectivity index (χ1) is 9.15. The summed E-state index contributed by atoms with van der Waals surface area (Å²) in [6.07, 6.45) is 2.95. The first-order valence-electron chi connectivity index (χ1n) is 5.50. The molecule has 0 aliphatic heterocycles. The van der Waals surface area contributed by atoms with Gasteiger partial charge in [0.25, 0.3) is 0 Å². The van der Waals surface area contributed by atoms with Gasteiger partial charge in [0.2, 0.25) is 0 Å².